The van der Waals surface area contributed by atoms with Gasteiger partial charge >= 0.3 is 0 Å². The summed E-state index contributed by atoms with van der Waals surface area (Å²) in [6.07, 6.45) is 5.45. The van der Waals surface area contributed by atoms with Crippen molar-refractivity contribution in [1.82, 2.24) is 15.3 Å². The molecule has 1 saturated carbocycles. The Morgan fingerprint density at radius 3 is 2.62 bits per heavy atom. The number of anilines is 3. The summed E-state index contributed by atoms with van der Waals surface area (Å²) in [4.78, 5) is 21.2. The second-order valence-corrected chi connectivity index (χ2v) is 9.03. The summed E-state index contributed by atoms with van der Waals surface area (Å²) < 4.78 is 24.8. The van der Waals surface area contributed by atoms with E-state index in [9.17, 15) is 13.6 Å². The summed E-state index contributed by atoms with van der Waals surface area (Å²) in [5.41, 5.74) is 10.0. The monoisotopic (exact) mass is 479 g/mol. The van der Waals surface area contributed by atoms with Crippen molar-refractivity contribution in [3.8, 4) is 11.3 Å². The van der Waals surface area contributed by atoms with Gasteiger partial charge in [0.15, 0.2) is 0 Å². The Hall–Kier alpha value is -3.34. The van der Waals surface area contributed by atoms with Crippen molar-refractivity contribution in [2.24, 2.45) is 5.73 Å². The first-order chi connectivity index (χ1) is 16.4. The highest BCUT2D eigenvalue weighted by Gasteiger charge is 2.23. The van der Waals surface area contributed by atoms with Gasteiger partial charge in [-0.15, -0.1) is 0 Å². The molecule has 1 amide bonds. The van der Waals surface area contributed by atoms with Gasteiger partial charge in [0.05, 0.1) is 11.4 Å². The summed E-state index contributed by atoms with van der Waals surface area (Å²) in [6, 6.07) is 14.2. The van der Waals surface area contributed by atoms with E-state index in [1.165, 1.54) is 6.33 Å². The average molecular weight is 480 g/mol. The van der Waals surface area contributed by atoms with Gasteiger partial charge < -0.3 is 25.6 Å². The first kappa shape index (κ1) is 23.8. The Bertz CT molecular complexity index is 1190. The molecular weight excluding hydrogens is 452 g/mol. The van der Waals surface area contributed by atoms with Crippen LogP contribution in [0.15, 0.2) is 54.9 Å². The zero-order chi connectivity index (χ0) is 24.1. The van der Waals surface area contributed by atoms with Crippen LogP contribution in [0.25, 0.3) is 11.3 Å². The van der Waals surface area contributed by atoms with Gasteiger partial charge in [0.2, 0.25) is 0 Å². The first-order valence-corrected chi connectivity index (χ1v) is 12.2. The normalized spacial score (nSPS) is 18.7. The lowest BCUT2D eigenvalue weighted by molar-refractivity contribution is 0.0921. The number of benzene rings is 2. The van der Waals surface area contributed by atoms with E-state index in [2.05, 4.69) is 25.3 Å². The van der Waals surface area contributed by atoms with Gasteiger partial charge in [-0.2, -0.15) is 0 Å². The number of aryl methyl sites for hydroxylation is 1. The highest BCUT2D eigenvalue weighted by molar-refractivity contribution is 7.80. The Balaban J connectivity index is 1.48. The molecule has 0 bridgehead atoms. The molecule has 2 unspecified atom stereocenters. The Morgan fingerprint density at radius 2 is 1.88 bits per heavy atom. The van der Waals surface area contributed by atoms with E-state index in [1.807, 2.05) is 13.0 Å². The Labute approximate surface area is 201 Å². The van der Waals surface area contributed by atoms with E-state index in [-0.39, 0.29) is 18.0 Å². The molecule has 178 valence electrons. The molecule has 0 aliphatic heterocycles. The number of carbonyl (C=O) groups is 1. The summed E-state index contributed by atoms with van der Waals surface area (Å²) in [5, 5.41) is 6.25. The van der Waals surface area contributed by atoms with E-state index in [0.717, 1.165) is 36.9 Å². The molecule has 1 aromatic heterocycles. The van der Waals surface area contributed by atoms with E-state index in [4.69, 9.17) is 5.73 Å². The van der Waals surface area contributed by atoms with E-state index in [0.29, 0.717) is 28.3 Å². The van der Waals surface area contributed by atoms with Crippen molar-refractivity contribution in [3.05, 3.63) is 66.0 Å². The van der Waals surface area contributed by atoms with E-state index in [1.54, 1.807) is 42.5 Å². The highest BCUT2D eigenvalue weighted by atomic mass is 32.2. The molecule has 0 saturated heterocycles. The van der Waals surface area contributed by atoms with Crippen molar-refractivity contribution >= 4 is 34.4 Å². The van der Waals surface area contributed by atoms with Crippen molar-refractivity contribution in [3.63, 3.8) is 0 Å². The van der Waals surface area contributed by atoms with Gasteiger partial charge in [-0.25, -0.2) is 9.97 Å². The Kier molecular flexibility index (Phi) is 7.51. The predicted octanol–water partition coefficient (Wildman–Crippen LogP) is 3.40. The zero-order valence-corrected chi connectivity index (χ0v) is 19.6. The molecule has 1 aliphatic rings. The summed E-state index contributed by atoms with van der Waals surface area (Å²) >= 11 is -2.46. The minimum Gasteiger partial charge on any atom is -0.755 e. The number of nitrogens with zero attached hydrogens (tertiary/aromatic N) is 2. The number of amides is 1. The van der Waals surface area contributed by atoms with Crippen molar-refractivity contribution in [2.45, 2.75) is 44.7 Å². The van der Waals surface area contributed by atoms with Crippen molar-refractivity contribution in [2.75, 3.05) is 10.0 Å². The predicted molar refractivity (Wildman–Crippen MR) is 132 cm³/mol. The number of carbonyl (C=O) groups excluding carboxylic acids is 1. The Morgan fingerprint density at radius 1 is 1.12 bits per heavy atom. The van der Waals surface area contributed by atoms with Gasteiger partial charge in [-0.05, 0) is 55.7 Å². The zero-order valence-electron chi connectivity index (χ0n) is 18.8. The maximum absolute atomic E-state index is 12.6. The minimum absolute atomic E-state index is 0.00297. The van der Waals surface area contributed by atoms with Crippen molar-refractivity contribution in [1.29, 1.82) is 0 Å². The van der Waals surface area contributed by atoms with Crippen LogP contribution in [0.1, 0.15) is 41.6 Å². The number of hydrogen-bond donors (Lipinski definition) is 4. The van der Waals surface area contributed by atoms with Crippen LogP contribution in [-0.2, 0) is 11.3 Å². The summed E-state index contributed by atoms with van der Waals surface area (Å²) in [7, 11) is 0. The van der Waals surface area contributed by atoms with Crippen LogP contribution < -0.4 is 21.1 Å². The lowest BCUT2D eigenvalue weighted by Crippen LogP contribution is -2.49. The fourth-order valence-electron chi connectivity index (χ4n) is 4.19. The lowest BCUT2D eigenvalue weighted by atomic mass is 9.91. The van der Waals surface area contributed by atoms with Crippen molar-refractivity contribution < 1.29 is 13.6 Å². The average Bonchev–Trinajstić information content (AvgIpc) is 2.81. The molecule has 2 aromatic carbocycles. The highest BCUT2D eigenvalue weighted by Crippen LogP contribution is 2.31. The largest absolute Gasteiger partial charge is 0.755 e. The topological polar surface area (TPSA) is 145 Å². The molecule has 5 N–H and O–H groups in total. The van der Waals surface area contributed by atoms with Crippen LogP contribution in [0.2, 0.25) is 0 Å². The third-order valence-electron chi connectivity index (χ3n) is 5.94. The van der Waals surface area contributed by atoms with E-state index >= 15 is 0 Å². The smallest absolute Gasteiger partial charge is 0.251 e. The van der Waals surface area contributed by atoms with Gasteiger partial charge in [0.1, 0.15) is 12.1 Å². The fraction of sp³-hybridized carbons (Fsp3) is 0.292. The number of nitrogens with two attached hydrogens (primary N) is 1. The summed E-state index contributed by atoms with van der Waals surface area (Å²) in [6.45, 7) is 1.88. The molecule has 10 heteroatoms. The second kappa shape index (κ2) is 10.7. The van der Waals surface area contributed by atoms with Gasteiger partial charge in [-0.3, -0.25) is 9.00 Å². The second-order valence-electron chi connectivity index (χ2n) is 8.35. The van der Waals surface area contributed by atoms with Gasteiger partial charge in [0.25, 0.3) is 5.91 Å². The first-order valence-electron chi connectivity index (χ1n) is 11.1. The number of aromatic nitrogens is 2. The SMILES string of the molecule is Cc1cccc(NS(=O)[O-])c1-c1cc(Nc2ccc(C(=O)NC3CCCC[C@@H]3N)cc2)ncn1. The van der Waals surface area contributed by atoms with Gasteiger partial charge in [-0.1, -0.05) is 25.0 Å². The third kappa shape index (κ3) is 5.77. The standard InChI is InChI=1S/C24H28N6O3S/c1-15-5-4-8-20(30-34(32)33)23(15)21-13-22(27-14-26-21)28-17-11-9-16(10-12-17)24(31)29-19-7-3-2-6-18(19)25/h4-5,8-14,18-19,30H,2-3,6-7,25H2,1H3,(H,29,31)(H,32,33)(H,26,27,28)/p-1/t18-,19?/m0/s1. The molecule has 0 radical (unpaired) electrons. The molecule has 9 nitrogen and oxygen atoms in total. The molecule has 3 aromatic rings. The number of hydrogen-bond acceptors (Lipinski definition) is 7. The molecule has 4 rings (SSSR count). The summed E-state index contributed by atoms with van der Waals surface area (Å²) in [5.74, 6) is 0.404. The van der Waals surface area contributed by atoms with Crippen LogP contribution in [0.4, 0.5) is 17.2 Å². The lowest BCUT2D eigenvalue weighted by Gasteiger charge is -2.29. The molecule has 1 aliphatic carbocycles. The molecule has 3 atom stereocenters. The van der Waals surface area contributed by atoms with E-state index < -0.39 is 11.3 Å². The van der Waals surface area contributed by atoms with Crippen LogP contribution in [0, 0.1) is 6.92 Å². The molecule has 34 heavy (non-hydrogen) atoms. The van der Waals surface area contributed by atoms with Crippen LogP contribution >= 0.6 is 0 Å². The molecule has 0 spiro atoms. The maximum Gasteiger partial charge on any atom is 0.251 e. The quantitative estimate of drug-likeness (QED) is 0.380. The van der Waals surface area contributed by atoms with Gasteiger partial charge in [0, 0.05) is 46.2 Å². The third-order valence-corrected chi connectivity index (χ3v) is 6.33. The number of nitrogens with one attached hydrogen (secondary N) is 3. The number of rotatable bonds is 7. The van der Waals surface area contributed by atoms with Crippen LogP contribution in [0.5, 0.6) is 0 Å². The molecule has 1 heterocycles. The minimum atomic E-state index is -2.46. The van der Waals surface area contributed by atoms with Crippen LogP contribution in [0.3, 0.4) is 0 Å². The molecular formula is C24H27N6O3S-. The fourth-order valence-corrected chi connectivity index (χ4v) is 4.54. The van der Waals surface area contributed by atoms with Crippen LogP contribution in [-0.4, -0.2) is 36.7 Å². The maximum atomic E-state index is 12.6. The molecule has 1 fully saturated rings.